The second-order valence-electron chi connectivity index (χ2n) is 4.81. The fourth-order valence-electron chi connectivity index (χ4n) is 1.92. The summed E-state index contributed by atoms with van der Waals surface area (Å²) in [5, 5.41) is 0. The lowest BCUT2D eigenvalue weighted by Crippen LogP contribution is -2.17. The van der Waals surface area contributed by atoms with Crippen LogP contribution < -0.4 is 5.73 Å². The van der Waals surface area contributed by atoms with Gasteiger partial charge in [0.05, 0.1) is 0 Å². The Morgan fingerprint density at radius 3 is 2.53 bits per heavy atom. The molecule has 0 aliphatic carbocycles. The largest absolute Gasteiger partial charge is 0.328 e. The minimum atomic E-state index is 0.196. The number of benzene rings is 2. The molecule has 0 aliphatic rings. The van der Waals surface area contributed by atoms with Crippen LogP contribution in [0.1, 0.15) is 18.1 Å². The molecule has 0 spiro atoms. The molecule has 2 aromatic rings. The Morgan fingerprint density at radius 1 is 1.16 bits per heavy atom. The van der Waals surface area contributed by atoms with Gasteiger partial charge in [0.15, 0.2) is 0 Å². The molecule has 3 heteroatoms. The Bertz CT molecular complexity index is 566. The van der Waals surface area contributed by atoms with Crippen LogP contribution in [0.4, 0.5) is 0 Å². The summed E-state index contributed by atoms with van der Waals surface area (Å²) in [5.74, 6) is 0. The van der Waals surface area contributed by atoms with E-state index in [1.54, 1.807) is 11.8 Å². The van der Waals surface area contributed by atoms with E-state index in [0.29, 0.717) is 0 Å². The second-order valence-corrected chi connectivity index (χ2v) is 6.75. The Morgan fingerprint density at radius 2 is 1.89 bits per heavy atom. The Hall–Kier alpha value is -0.770. The molecule has 0 saturated carbocycles. The van der Waals surface area contributed by atoms with Crippen molar-refractivity contribution in [3.63, 3.8) is 0 Å². The van der Waals surface area contributed by atoms with Crippen LogP contribution in [0.15, 0.2) is 56.7 Å². The smallest absolute Gasteiger partial charge is 0.0317 e. The van der Waals surface area contributed by atoms with Crippen LogP contribution >= 0.6 is 27.7 Å². The van der Waals surface area contributed by atoms with Gasteiger partial charge >= 0.3 is 0 Å². The molecule has 1 atom stereocenters. The van der Waals surface area contributed by atoms with Crippen molar-refractivity contribution in [3.05, 3.63) is 58.1 Å². The normalized spacial score (nSPS) is 12.4. The van der Waals surface area contributed by atoms with Gasteiger partial charge in [0.1, 0.15) is 0 Å². The number of aryl methyl sites for hydroxylation is 1. The lowest BCUT2D eigenvalue weighted by molar-refractivity contribution is 0.737. The van der Waals surface area contributed by atoms with Crippen molar-refractivity contribution in [2.75, 3.05) is 0 Å². The van der Waals surface area contributed by atoms with E-state index in [2.05, 4.69) is 65.3 Å². The van der Waals surface area contributed by atoms with Crippen LogP contribution in [0.3, 0.4) is 0 Å². The first-order valence-electron chi connectivity index (χ1n) is 6.34. The van der Waals surface area contributed by atoms with Crippen LogP contribution in [0, 0.1) is 6.92 Å². The first kappa shape index (κ1) is 14.6. The molecular formula is C16H18BrNS. The first-order chi connectivity index (χ1) is 9.06. The number of hydrogen-bond acceptors (Lipinski definition) is 2. The lowest BCUT2D eigenvalue weighted by Gasteiger charge is -2.10. The van der Waals surface area contributed by atoms with E-state index in [-0.39, 0.29) is 6.04 Å². The highest BCUT2D eigenvalue weighted by molar-refractivity contribution is 9.10. The van der Waals surface area contributed by atoms with E-state index in [4.69, 9.17) is 5.73 Å². The third kappa shape index (κ3) is 4.10. The van der Waals surface area contributed by atoms with Crippen molar-refractivity contribution < 1.29 is 0 Å². The van der Waals surface area contributed by atoms with Crippen LogP contribution in [-0.2, 0) is 6.42 Å². The van der Waals surface area contributed by atoms with Crippen molar-refractivity contribution in [1.82, 2.24) is 0 Å². The zero-order valence-electron chi connectivity index (χ0n) is 11.2. The maximum Gasteiger partial charge on any atom is 0.0317 e. The molecule has 100 valence electrons. The molecule has 2 N–H and O–H groups in total. The molecule has 1 nitrogen and oxygen atoms in total. The molecule has 0 heterocycles. The predicted octanol–water partition coefficient (Wildman–Crippen LogP) is 4.80. The SMILES string of the molecule is Cc1ccccc1Sc1ccc(CC(C)N)cc1Br. The minimum Gasteiger partial charge on any atom is -0.328 e. The molecular weight excluding hydrogens is 318 g/mol. The first-order valence-corrected chi connectivity index (χ1v) is 7.94. The summed E-state index contributed by atoms with van der Waals surface area (Å²) in [7, 11) is 0. The van der Waals surface area contributed by atoms with E-state index in [0.717, 1.165) is 10.9 Å². The van der Waals surface area contributed by atoms with E-state index in [9.17, 15) is 0 Å². The molecule has 0 fully saturated rings. The van der Waals surface area contributed by atoms with Crippen LogP contribution in [0.5, 0.6) is 0 Å². The van der Waals surface area contributed by atoms with Crippen LogP contribution in [-0.4, -0.2) is 6.04 Å². The fraction of sp³-hybridized carbons (Fsp3) is 0.250. The minimum absolute atomic E-state index is 0.196. The van der Waals surface area contributed by atoms with Crippen LogP contribution in [0.2, 0.25) is 0 Å². The van der Waals surface area contributed by atoms with Gasteiger partial charge in [-0.3, -0.25) is 0 Å². The van der Waals surface area contributed by atoms with E-state index < -0.39 is 0 Å². The van der Waals surface area contributed by atoms with Crippen molar-refractivity contribution in [1.29, 1.82) is 0 Å². The zero-order valence-corrected chi connectivity index (χ0v) is 13.6. The Labute approximate surface area is 127 Å². The van der Waals surface area contributed by atoms with Crippen molar-refractivity contribution in [2.24, 2.45) is 5.73 Å². The predicted molar refractivity (Wildman–Crippen MR) is 86.8 cm³/mol. The standard InChI is InChI=1S/C16H18BrNS/c1-11-5-3-4-6-15(11)19-16-8-7-13(9-12(2)18)10-14(16)17/h3-8,10,12H,9,18H2,1-2H3. The number of rotatable bonds is 4. The van der Waals surface area contributed by atoms with E-state index in [1.807, 2.05) is 6.92 Å². The third-order valence-electron chi connectivity index (χ3n) is 2.87. The van der Waals surface area contributed by atoms with Gasteiger partial charge in [0.2, 0.25) is 0 Å². The van der Waals surface area contributed by atoms with Crippen molar-refractivity contribution >= 4 is 27.7 Å². The summed E-state index contributed by atoms with van der Waals surface area (Å²) in [4.78, 5) is 2.53. The maximum absolute atomic E-state index is 5.84. The number of halogens is 1. The molecule has 0 radical (unpaired) electrons. The number of nitrogens with two attached hydrogens (primary N) is 1. The highest BCUT2D eigenvalue weighted by atomic mass is 79.9. The average molecular weight is 336 g/mol. The summed E-state index contributed by atoms with van der Waals surface area (Å²) in [6.07, 6.45) is 0.911. The van der Waals surface area contributed by atoms with Crippen molar-refractivity contribution in [2.45, 2.75) is 36.1 Å². The van der Waals surface area contributed by atoms with Gasteiger partial charge in [0.25, 0.3) is 0 Å². The summed E-state index contributed by atoms with van der Waals surface area (Å²) < 4.78 is 1.14. The fourth-order valence-corrected chi connectivity index (χ4v) is 3.49. The zero-order chi connectivity index (χ0) is 13.8. The average Bonchev–Trinajstić information content (AvgIpc) is 2.34. The summed E-state index contributed by atoms with van der Waals surface area (Å²) in [5.41, 5.74) is 8.41. The topological polar surface area (TPSA) is 26.0 Å². The van der Waals surface area contributed by atoms with Crippen LogP contribution in [0.25, 0.3) is 0 Å². The Kier molecular flexibility index (Phi) is 5.08. The summed E-state index contributed by atoms with van der Waals surface area (Å²) in [6, 6.07) is 15.1. The number of hydrogen-bond donors (Lipinski definition) is 1. The lowest BCUT2D eigenvalue weighted by atomic mass is 10.1. The van der Waals surface area contributed by atoms with Crippen molar-refractivity contribution in [3.8, 4) is 0 Å². The van der Waals surface area contributed by atoms with Gasteiger partial charge in [0, 0.05) is 20.3 Å². The van der Waals surface area contributed by atoms with Gasteiger partial charge in [-0.2, -0.15) is 0 Å². The van der Waals surface area contributed by atoms with Gasteiger partial charge in [-0.15, -0.1) is 0 Å². The van der Waals surface area contributed by atoms with Gasteiger partial charge < -0.3 is 5.73 Å². The second kappa shape index (κ2) is 6.60. The molecule has 2 rings (SSSR count). The molecule has 2 aromatic carbocycles. The Balaban J connectivity index is 2.20. The molecule has 0 bridgehead atoms. The third-order valence-corrected chi connectivity index (χ3v) is 5.04. The maximum atomic E-state index is 5.84. The van der Waals surface area contributed by atoms with Gasteiger partial charge in [-0.05, 0) is 65.5 Å². The molecule has 0 amide bonds. The van der Waals surface area contributed by atoms with E-state index in [1.165, 1.54) is 20.9 Å². The highest BCUT2D eigenvalue weighted by Gasteiger charge is 2.06. The summed E-state index contributed by atoms with van der Waals surface area (Å²) in [6.45, 7) is 4.17. The molecule has 0 aliphatic heterocycles. The molecule has 0 saturated heterocycles. The van der Waals surface area contributed by atoms with Gasteiger partial charge in [-0.25, -0.2) is 0 Å². The molecule has 19 heavy (non-hydrogen) atoms. The van der Waals surface area contributed by atoms with Gasteiger partial charge in [-0.1, -0.05) is 36.0 Å². The quantitative estimate of drug-likeness (QED) is 0.868. The highest BCUT2D eigenvalue weighted by Crippen LogP contribution is 2.35. The summed E-state index contributed by atoms with van der Waals surface area (Å²) >= 11 is 5.45. The van der Waals surface area contributed by atoms with E-state index >= 15 is 0 Å². The molecule has 0 aromatic heterocycles. The monoisotopic (exact) mass is 335 g/mol. The molecule has 1 unspecified atom stereocenters.